The lowest BCUT2D eigenvalue weighted by Crippen LogP contribution is -2.21. The van der Waals surface area contributed by atoms with Gasteiger partial charge in [-0.1, -0.05) is 37.3 Å². The van der Waals surface area contributed by atoms with E-state index in [0.717, 1.165) is 12.3 Å². The van der Waals surface area contributed by atoms with Crippen LogP contribution in [-0.2, 0) is 4.79 Å². The molecule has 0 aromatic heterocycles. The van der Waals surface area contributed by atoms with Crippen LogP contribution in [0.5, 0.6) is 5.75 Å². The zero-order chi connectivity index (χ0) is 17.1. The van der Waals surface area contributed by atoms with Crippen LogP contribution in [0, 0.1) is 3.57 Å². The van der Waals surface area contributed by atoms with Crippen LogP contribution in [-0.4, -0.2) is 24.7 Å². The summed E-state index contributed by atoms with van der Waals surface area (Å²) in [6.07, 6.45) is 0.260. The van der Waals surface area contributed by atoms with Gasteiger partial charge in [-0.25, -0.2) is 0 Å². The van der Waals surface area contributed by atoms with E-state index in [1.807, 2.05) is 37.4 Å². The summed E-state index contributed by atoms with van der Waals surface area (Å²) in [5, 5.41) is 10.9. The summed E-state index contributed by atoms with van der Waals surface area (Å²) in [4.78, 5) is 9.37. The van der Waals surface area contributed by atoms with Crippen LogP contribution in [0.1, 0.15) is 25.0 Å². The fraction of sp³-hybridized carbons (Fsp3) is 0.278. The van der Waals surface area contributed by atoms with Crippen molar-refractivity contribution in [1.29, 1.82) is 0 Å². The molecule has 124 valence electrons. The predicted molar refractivity (Wildman–Crippen MR) is 101 cm³/mol. The number of ether oxygens (including phenoxy) is 1. The number of carboxylic acid groups (broad SMARTS) is 1. The van der Waals surface area contributed by atoms with Crippen LogP contribution in [0.4, 0.5) is 0 Å². The van der Waals surface area contributed by atoms with Crippen LogP contribution in [0.3, 0.4) is 0 Å². The van der Waals surface area contributed by atoms with Crippen molar-refractivity contribution in [2.45, 2.75) is 19.4 Å². The third kappa shape index (κ3) is 7.99. The van der Waals surface area contributed by atoms with Crippen molar-refractivity contribution < 1.29 is 14.6 Å². The maximum absolute atomic E-state index is 9.37. The molecule has 0 saturated heterocycles. The molecule has 23 heavy (non-hydrogen) atoms. The van der Waals surface area contributed by atoms with E-state index in [-0.39, 0.29) is 12.5 Å². The molecule has 0 aliphatic rings. The van der Waals surface area contributed by atoms with Crippen molar-refractivity contribution in [1.82, 2.24) is 5.32 Å². The normalized spacial score (nSPS) is 11.1. The average molecular weight is 427 g/mol. The molecule has 2 aromatic carbocycles. The van der Waals surface area contributed by atoms with Gasteiger partial charge in [0.25, 0.3) is 0 Å². The number of hydrogen-bond donors (Lipinski definition) is 2. The Morgan fingerprint density at radius 1 is 1.17 bits per heavy atom. The minimum atomic E-state index is -0.745. The Kier molecular flexibility index (Phi) is 9.31. The predicted octanol–water partition coefficient (Wildman–Crippen LogP) is 4.11. The molecule has 0 aliphatic carbocycles. The molecule has 0 saturated carbocycles. The second-order valence-corrected chi connectivity index (χ2v) is 6.02. The number of likely N-dealkylation sites (N-methyl/N-ethyl adjacent to an activating group) is 1. The molecule has 4 nitrogen and oxygen atoms in total. The van der Waals surface area contributed by atoms with Gasteiger partial charge in [0.15, 0.2) is 0 Å². The van der Waals surface area contributed by atoms with Gasteiger partial charge < -0.3 is 15.2 Å². The Labute approximate surface area is 151 Å². The highest BCUT2D eigenvalue weighted by Crippen LogP contribution is 2.22. The Bertz CT molecular complexity index is 573. The van der Waals surface area contributed by atoms with Crippen LogP contribution in [0.2, 0.25) is 0 Å². The van der Waals surface area contributed by atoms with E-state index in [1.54, 1.807) is 6.92 Å². The van der Waals surface area contributed by atoms with E-state index < -0.39 is 5.97 Å². The summed E-state index contributed by atoms with van der Waals surface area (Å²) in [6.45, 7) is 2.39. The molecule has 0 aliphatic heterocycles. The summed E-state index contributed by atoms with van der Waals surface area (Å²) in [5.74, 6) is 0.157. The van der Waals surface area contributed by atoms with Crippen LogP contribution in [0.25, 0.3) is 0 Å². The first kappa shape index (κ1) is 19.4. The number of carboxylic acids is 1. The summed E-state index contributed by atoms with van der Waals surface area (Å²) in [5.41, 5.74) is 1.19. The van der Waals surface area contributed by atoms with Gasteiger partial charge in [0.2, 0.25) is 0 Å². The monoisotopic (exact) mass is 427 g/mol. The van der Waals surface area contributed by atoms with E-state index in [4.69, 9.17) is 9.84 Å². The van der Waals surface area contributed by atoms with Crippen LogP contribution < -0.4 is 10.1 Å². The van der Waals surface area contributed by atoms with Gasteiger partial charge in [-0.15, -0.1) is 0 Å². The minimum Gasteiger partial charge on any atom is -0.484 e. The molecular weight excluding hydrogens is 405 g/mol. The third-order valence-electron chi connectivity index (χ3n) is 2.96. The number of rotatable bonds is 6. The highest BCUT2D eigenvalue weighted by molar-refractivity contribution is 14.1. The van der Waals surface area contributed by atoms with E-state index in [9.17, 15) is 4.79 Å². The molecular formula is C18H22INO3. The van der Waals surface area contributed by atoms with E-state index in [0.29, 0.717) is 0 Å². The van der Waals surface area contributed by atoms with Gasteiger partial charge in [-0.3, -0.25) is 4.79 Å². The van der Waals surface area contributed by atoms with Crippen molar-refractivity contribution in [2.24, 2.45) is 0 Å². The Balaban J connectivity index is 0.000000463. The number of nitrogens with one attached hydrogen (secondary N) is 1. The molecule has 2 N–H and O–H groups in total. The van der Waals surface area contributed by atoms with E-state index in [1.165, 1.54) is 9.13 Å². The number of halogens is 1. The zero-order valence-corrected chi connectivity index (χ0v) is 15.5. The fourth-order valence-electron chi connectivity index (χ4n) is 1.76. The zero-order valence-electron chi connectivity index (χ0n) is 13.3. The summed E-state index contributed by atoms with van der Waals surface area (Å²) < 4.78 is 7.24. The molecule has 2 aromatic rings. The lowest BCUT2D eigenvalue weighted by Gasteiger charge is -2.19. The standard InChI is InChI=1S/C15H16INO.C3H6O2/c1-17-11-15(12-5-3-2-4-6-12)18-14-9-7-13(16)8-10-14;1-2-3(4)5/h2-10,15,17H,11H2,1H3;2H2,1H3,(H,4,5). The maximum atomic E-state index is 9.37. The van der Waals surface area contributed by atoms with E-state index >= 15 is 0 Å². The molecule has 1 unspecified atom stereocenters. The topological polar surface area (TPSA) is 58.6 Å². The first-order valence-corrected chi connectivity index (χ1v) is 8.48. The third-order valence-corrected chi connectivity index (χ3v) is 3.67. The smallest absolute Gasteiger partial charge is 0.303 e. The summed E-state index contributed by atoms with van der Waals surface area (Å²) in [7, 11) is 1.94. The Hall–Kier alpha value is -1.60. The van der Waals surface area contributed by atoms with Gasteiger partial charge in [-0.05, 0) is 59.5 Å². The molecule has 0 heterocycles. The number of hydrogen-bond acceptors (Lipinski definition) is 3. The highest BCUT2D eigenvalue weighted by atomic mass is 127. The van der Waals surface area contributed by atoms with Gasteiger partial charge in [0.05, 0.1) is 0 Å². The molecule has 0 fully saturated rings. The quantitative estimate of drug-likeness (QED) is 0.682. The van der Waals surface area contributed by atoms with Crippen molar-refractivity contribution in [3.05, 3.63) is 63.7 Å². The van der Waals surface area contributed by atoms with Gasteiger partial charge in [0, 0.05) is 16.5 Å². The maximum Gasteiger partial charge on any atom is 0.303 e. The lowest BCUT2D eigenvalue weighted by atomic mass is 10.1. The van der Waals surface area contributed by atoms with Crippen molar-refractivity contribution in [3.8, 4) is 5.75 Å². The second-order valence-electron chi connectivity index (χ2n) is 4.78. The SMILES string of the molecule is CCC(=O)O.CNCC(Oc1ccc(I)cc1)c1ccccc1. The first-order valence-electron chi connectivity index (χ1n) is 7.40. The molecule has 0 amide bonds. The Morgan fingerprint density at radius 2 is 1.74 bits per heavy atom. The Morgan fingerprint density at radius 3 is 2.22 bits per heavy atom. The summed E-state index contributed by atoms with van der Waals surface area (Å²) >= 11 is 2.29. The lowest BCUT2D eigenvalue weighted by molar-refractivity contribution is -0.136. The summed E-state index contributed by atoms with van der Waals surface area (Å²) in [6, 6.07) is 18.4. The van der Waals surface area contributed by atoms with Crippen molar-refractivity contribution >= 4 is 28.6 Å². The average Bonchev–Trinajstić information content (AvgIpc) is 2.58. The van der Waals surface area contributed by atoms with Crippen molar-refractivity contribution in [2.75, 3.05) is 13.6 Å². The first-order chi connectivity index (χ1) is 11.1. The molecule has 0 spiro atoms. The fourth-order valence-corrected chi connectivity index (χ4v) is 2.12. The largest absolute Gasteiger partial charge is 0.484 e. The molecule has 0 radical (unpaired) electrons. The molecule has 0 bridgehead atoms. The van der Waals surface area contributed by atoms with Crippen LogP contribution >= 0.6 is 22.6 Å². The van der Waals surface area contributed by atoms with E-state index in [2.05, 4.69) is 52.2 Å². The minimum absolute atomic E-state index is 0.0382. The van der Waals surface area contributed by atoms with Gasteiger partial charge in [-0.2, -0.15) is 0 Å². The molecule has 5 heteroatoms. The second kappa shape index (κ2) is 11.0. The number of aliphatic carboxylic acids is 1. The number of carbonyl (C=O) groups is 1. The highest BCUT2D eigenvalue weighted by Gasteiger charge is 2.11. The number of benzene rings is 2. The van der Waals surface area contributed by atoms with Crippen molar-refractivity contribution in [3.63, 3.8) is 0 Å². The molecule has 2 rings (SSSR count). The van der Waals surface area contributed by atoms with Gasteiger partial charge in [0.1, 0.15) is 11.9 Å². The van der Waals surface area contributed by atoms with Crippen LogP contribution in [0.15, 0.2) is 54.6 Å². The molecule has 1 atom stereocenters. The van der Waals surface area contributed by atoms with Gasteiger partial charge >= 0.3 is 5.97 Å².